The Morgan fingerprint density at radius 2 is 2.33 bits per heavy atom. The normalized spacial score (nSPS) is 13.2. The molecular weight excluding hydrogens is 228 g/mol. The van der Waals surface area contributed by atoms with Gasteiger partial charge in [0.05, 0.1) is 5.69 Å². The van der Waals surface area contributed by atoms with E-state index in [1.54, 1.807) is 0 Å². The summed E-state index contributed by atoms with van der Waals surface area (Å²) < 4.78 is 5.56. The summed E-state index contributed by atoms with van der Waals surface area (Å²) in [6, 6.07) is 6.06. The second kappa shape index (κ2) is 4.52. The zero-order valence-electron chi connectivity index (χ0n) is 10.1. The maximum absolute atomic E-state index is 5.56. The van der Waals surface area contributed by atoms with Gasteiger partial charge in [-0.15, -0.1) is 0 Å². The number of rotatable bonds is 2. The minimum atomic E-state index is 0.711. The highest BCUT2D eigenvalue weighted by molar-refractivity contribution is 5.78. The van der Waals surface area contributed by atoms with Gasteiger partial charge in [0.1, 0.15) is 24.5 Å². The molecule has 2 aromatic rings. The summed E-state index contributed by atoms with van der Waals surface area (Å²) in [4.78, 5) is 8.29. The van der Waals surface area contributed by atoms with Crippen molar-refractivity contribution in [3.05, 3.63) is 30.7 Å². The van der Waals surface area contributed by atoms with E-state index in [2.05, 4.69) is 26.7 Å². The molecule has 0 unspecified atom stereocenters. The van der Waals surface area contributed by atoms with Gasteiger partial charge in [-0.05, 0) is 17.7 Å². The summed E-state index contributed by atoms with van der Waals surface area (Å²) in [6.45, 7) is 1.54. The van der Waals surface area contributed by atoms with Gasteiger partial charge in [0.15, 0.2) is 0 Å². The largest absolute Gasteiger partial charge is 0.490 e. The standard InChI is InChI=1S/C13H14N4O/c1-14-13-10(7-15-8-17-13)9-2-3-12-11(6-9)16-4-5-18-12/h2-3,6-8,16H,4-5H2,1H3,(H,14,15,17). The van der Waals surface area contributed by atoms with Crippen LogP contribution in [0, 0.1) is 0 Å². The van der Waals surface area contributed by atoms with Crippen LogP contribution in [-0.4, -0.2) is 30.2 Å². The van der Waals surface area contributed by atoms with E-state index in [1.165, 1.54) is 6.33 Å². The van der Waals surface area contributed by atoms with Gasteiger partial charge in [0.25, 0.3) is 0 Å². The third-order valence-corrected chi connectivity index (χ3v) is 2.91. The predicted molar refractivity (Wildman–Crippen MR) is 71.0 cm³/mol. The molecule has 5 nitrogen and oxygen atoms in total. The number of fused-ring (bicyclic) bond motifs is 1. The molecule has 0 atom stereocenters. The quantitative estimate of drug-likeness (QED) is 0.843. The van der Waals surface area contributed by atoms with E-state index in [0.29, 0.717) is 6.61 Å². The lowest BCUT2D eigenvalue weighted by Gasteiger charge is -2.20. The second-order valence-corrected chi connectivity index (χ2v) is 4.02. The van der Waals surface area contributed by atoms with Crippen LogP contribution in [0.15, 0.2) is 30.7 Å². The van der Waals surface area contributed by atoms with Crippen molar-refractivity contribution in [2.75, 3.05) is 30.8 Å². The van der Waals surface area contributed by atoms with Crippen molar-refractivity contribution in [1.29, 1.82) is 0 Å². The number of hydrogen-bond donors (Lipinski definition) is 2. The van der Waals surface area contributed by atoms with Crippen LogP contribution in [-0.2, 0) is 0 Å². The summed E-state index contributed by atoms with van der Waals surface area (Å²) in [5.74, 6) is 1.72. The summed E-state index contributed by atoms with van der Waals surface area (Å²) in [6.07, 6.45) is 3.35. The average Bonchev–Trinajstić information content (AvgIpc) is 2.46. The Morgan fingerprint density at radius 3 is 3.22 bits per heavy atom. The van der Waals surface area contributed by atoms with E-state index in [-0.39, 0.29) is 0 Å². The Hall–Kier alpha value is -2.30. The highest BCUT2D eigenvalue weighted by Crippen LogP contribution is 2.33. The third-order valence-electron chi connectivity index (χ3n) is 2.91. The van der Waals surface area contributed by atoms with Gasteiger partial charge < -0.3 is 15.4 Å². The first kappa shape index (κ1) is 10.8. The van der Waals surface area contributed by atoms with E-state index in [4.69, 9.17) is 4.74 Å². The number of ether oxygens (including phenoxy) is 1. The Bertz CT molecular complexity index is 571. The molecule has 0 amide bonds. The van der Waals surface area contributed by atoms with Gasteiger partial charge in [-0.1, -0.05) is 6.07 Å². The van der Waals surface area contributed by atoms with E-state index in [1.807, 2.05) is 25.4 Å². The monoisotopic (exact) mass is 242 g/mol. The fourth-order valence-electron chi connectivity index (χ4n) is 2.05. The van der Waals surface area contributed by atoms with E-state index < -0.39 is 0 Å². The minimum Gasteiger partial charge on any atom is -0.490 e. The Balaban J connectivity index is 2.06. The fourth-order valence-corrected chi connectivity index (χ4v) is 2.05. The topological polar surface area (TPSA) is 59.1 Å². The molecule has 3 rings (SSSR count). The maximum Gasteiger partial charge on any atom is 0.142 e. The molecule has 1 aliphatic heterocycles. The minimum absolute atomic E-state index is 0.711. The Kier molecular flexibility index (Phi) is 2.72. The van der Waals surface area contributed by atoms with Crippen molar-refractivity contribution in [1.82, 2.24) is 9.97 Å². The molecule has 0 fully saturated rings. The molecule has 92 valence electrons. The molecule has 0 saturated carbocycles. The molecule has 1 aromatic heterocycles. The molecule has 0 bridgehead atoms. The fraction of sp³-hybridized carbons (Fsp3) is 0.231. The SMILES string of the molecule is CNc1ncncc1-c1ccc2c(c1)NCCO2. The van der Waals surface area contributed by atoms with Crippen LogP contribution in [0.3, 0.4) is 0 Å². The van der Waals surface area contributed by atoms with Crippen molar-refractivity contribution in [2.45, 2.75) is 0 Å². The molecule has 0 spiro atoms. The van der Waals surface area contributed by atoms with Crippen molar-refractivity contribution in [2.24, 2.45) is 0 Å². The number of nitrogens with zero attached hydrogens (tertiary/aromatic N) is 2. The van der Waals surface area contributed by atoms with Crippen LogP contribution >= 0.6 is 0 Å². The highest BCUT2D eigenvalue weighted by Gasteiger charge is 2.12. The second-order valence-electron chi connectivity index (χ2n) is 4.02. The molecule has 18 heavy (non-hydrogen) atoms. The molecular formula is C13H14N4O. The molecule has 5 heteroatoms. The molecule has 0 aliphatic carbocycles. The summed E-state index contributed by atoms with van der Waals surface area (Å²) in [5, 5.41) is 6.40. The molecule has 0 radical (unpaired) electrons. The summed E-state index contributed by atoms with van der Waals surface area (Å²) >= 11 is 0. The lowest BCUT2D eigenvalue weighted by molar-refractivity contribution is 0.323. The summed E-state index contributed by atoms with van der Waals surface area (Å²) in [7, 11) is 1.85. The Labute approximate surface area is 105 Å². The number of benzene rings is 1. The van der Waals surface area contributed by atoms with Crippen LogP contribution < -0.4 is 15.4 Å². The summed E-state index contributed by atoms with van der Waals surface area (Å²) in [5.41, 5.74) is 3.07. The van der Waals surface area contributed by atoms with Crippen molar-refractivity contribution in [3.63, 3.8) is 0 Å². The first-order valence-electron chi connectivity index (χ1n) is 5.87. The molecule has 0 saturated heterocycles. The molecule has 1 aliphatic rings. The van der Waals surface area contributed by atoms with Gasteiger partial charge in [-0.2, -0.15) is 0 Å². The zero-order valence-corrected chi connectivity index (χ0v) is 10.1. The van der Waals surface area contributed by atoms with Gasteiger partial charge in [-0.25, -0.2) is 9.97 Å². The number of hydrogen-bond acceptors (Lipinski definition) is 5. The molecule has 2 heterocycles. The number of anilines is 2. The maximum atomic E-state index is 5.56. The number of aromatic nitrogens is 2. The van der Waals surface area contributed by atoms with Crippen molar-refractivity contribution < 1.29 is 4.74 Å². The molecule has 2 N–H and O–H groups in total. The van der Waals surface area contributed by atoms with Crippen LogP contribution in [0.2, 0.25) is 0 Å². The van der Waals surface area contributed by atoms with E-state index in [0.717, 1.165) is 34.9 Å². The van der Waals surface area contributed by atoms with Crippen molar-refractivity contribution >= 4 is 11.5 Å². The van der Waals surface area contributed by atoms with E-state index >= 15 is 0 Å². The third kappa shape index (κ3) is 1.84. The first-order valence-corrected chi connectivity index (χ1v) is 5.87. The van der Waals surface area contributed by atoms with E-state index in [9.17, 15) is 0 Å². The van der Waals surface area contributed by atoms with Crippen LogP contribution in [0.1, 0.15) is 0 Å². The number of nitrogens with one attached hydrogen (secondary N) is 2. The van der Waals surface area contributed by atoms with Crippen molar-refractivity contribution in [3.8, 4) is 16.9 Å². The lowest BCUT2D eigenvalue weighted by Crippen LogP contribution is -2.17. The van der Waals surface area contributed by atoms with Crippen LogP contribution in [0.5, 0.6) is 5.75 Å². The van der Waals surface area contributed by atoms with Gasteiger partial charge in [0.2, 0.25) is 0 Å². The lowest BCUT2D eigenvalue weighted by atomic mass is 10.1. The van der Waals surface area contributed by atoms with Gasteiger partial charge >= 0.3 is 0 Å². The zero-order chi connectivity index (χ0) is 12.4. The van der Waals surface area contributed by atoms with Gasteiger partial charge in [0, 0.05) is 25.4 Å². The van der Waals surface area contributed by atoms with Crippen LogP contribution in [0.25, 0.3) is 11.1 Å². The average molecular weight is 242 g/mol. The predicted octanol–water partition coefficient (Wildman–Crippen LogP) is 1.99. The first-order chi connectivity index (χ1) is 8.88. The molecule has 1 aromatic carbocycles. The van der Waals surface area contributed by atoms with Gasteiger partial charge in [-0.3, -0.25) is 0 Å². The smallest absolute Gasteiger partial charge is 0.142 e. The Morgan fingerprint density at radius 1 is 1.39 bits per heavy atom. The van der Waals surface area contributed by atoms with Crippen LogP contribution in [0.4, 0.5) is 11.5 Å². The highest BCUT2D eigenvalue weighted by atomic mass is 16.5.